The van der Waals surface area contributed by atoms with Gasteiger partial charge in [-0.1, -0.05) is 30.3 Å². The molecule has 0 saturated heterocycles. The molecule has 2 aromatic carbocycles. The molecule has 5 heteroatoms. The van der Waals surface area contributed by atoms with Crippen molar-refractivity contribution in [3.63, 3.8) is 0 Å². The van der Waals surface area contributed by atoms with Gasteiger partial charge in [0.15, 0.2) is 0 Å². The van der Waals surface area contributed by atoms with Crippen LogP contribution in [-0.2, 0) is 17.8 Å². The lowest BCUT2D eigenvalue weighted by atomic mass is 9.95. The molecule has 2 heterocycles. The topological polar surface area (TPSA) is 47.4 Å². The number of para-hydroxylation sites is 1. The molecule has 1 amide bonds. The summed E-state index contributed by atoms with van der Waals surface area (Å²) in [5.41, 5.74) is 3.17. The molecule has 0 aliphatic carbocycles. The van der Waals surface area contributed by atoms with Gasteiger partial charge in [0.05, 0.1) is 11.6 Å². The third-order valence-corrected chi connectivity index (χ3v) is 4.70. The van der Waals surface area contributed by atoms with Crippen molar-refractivity contribution in [2.45, 2.75) is 13.0 Å². The minimum absolute atomic E-state index is 0.115. The Balaban J connectivity index is 1.44. The van der Waals surface area contributed by atoms with Crippen molar-refractivity contribution in [3.8, 4) is 11.4 Å². The van der Waals surface area contributed by atoms with Gasteiger partial charge in [0.25, 0.3) is 0 Å². The first kappa shape index (κ1) is 16.4. The highest BCUT2D eigenvalue weighted by Gasteiger charge is 2.28. The Morgan fingerprint density at radius 2 is 2.12 bits per heavy atom. The van der Waals surface area contributed by atoms with E-state index in [0.717, 1.165) is 29.0 Å². The SMILES string of the molecule is CN(Cc1cccc(-n2cccn2)c1)C(=O)[C@@H]1COc2ccccc2C1. The molecule has 1 aliphatic rings. The van der Waals surface area contributed by atoms with Crippen LogP contribution in [0, 0.1) is 5.92 Å². The maximum atomic E-state index is 12.9. The van der Waals surface area contributed by atoms with Gasteiger partial charge in [-0.05, 0) is 41.8 Å². The summed E-state index contributed by atoms with van der Waals surface area (Å²) in [6, 6.07) is 17.9. The Hall–Kier alpha value is -3.08. The largest absolute Gasteiger partial charge is 0.492 e. The van der Waals surface area contributed by atoms with Crippen LogP contribution in [0.1, 0.15) is 11.1 Å². The average Bonchev–Trinajstić information content (AvgIpc) is 3.22. The summed E-state index contributed by atoms with van der Waals surface area (Å²) in [6.07, 6.45) is 4.39. The van der Waals surface area contributed by atoms with Gasteiger partial charge in [-0.25, -0.2) is 4.68 Å². The van der Waals surface area contributed by atoms with Crippen LogP contribution in [0.25, 0.3) is 5.69 Å². The number of carbonyl (C=O) groups is 1. The lowest BCUT2D eigenvalue weighted by Crippen LogP contribution is -2.38. The van der Waals surface area contributed by atoms with Gasteiger partial charge in [0.2, 0.25) is 5.91 Å². The molecule has 0 fully saturated rings. The average molecular weight is 347 g/mol. The number of fused-ring (bicyclic) bond motifs is 1. The van der Waals surface area contributed by atoms with Crippen molar-refractivity contribution in [3.05, 3.63) is 78.1 Å². The number of hydrogen-bond donors (Lipinski definition) is 0. The third-order valence-electron chi connectivity index (χ3n) is 4.70. The van der Waals surface area contributed by atoms with Gasteiger partial charge >= 0.3 is 0 Å². The van der Waals surface area contributed by atoms with Gasteiger partial charge < -0.3 is 9.64 Å². The molecule has 0 bridgehead atoms. The van der Waals surface area contributed by atoms with Gasteiger partial charge in [-0.3, -0.25) is 4.79 Å². The molecule has 1 aliphatic heterocycles. The second-order valence-electron chi connectivity index (χ2n) is 6.63. The minimum Gasteiger partial charge on any atom is -0.492 e. The number of carbonyl (C=O) groups excluding carboxylic acids is 1. The first-order valence-corrected chi connectivity index (χ1v) is 8.75. The zero-order valence-corrected chi connectivity index (χ0v) is 14.7. The summed E-state index contributed by atoms with van der Waals surface area (Å²) in [5.74, 6) is 0.874. The smallest absolute Gasteiger partial charge is 0.229 e. The van der Waals surface area contributed by atoms with Gasteiger partial charge in [0, 0.05) is 26.0 Å². The molecule has 0 saturated carbocycles. The van der Waals surface area contributed by atoms with Crippen molar-refractivity contribution in [1.82, 2.24) is 14.7 Å². The van der Waals surface area contributed by atoms with E-state index in [9.17, 15) is 4.79 Å². The van der Waals surface area contributed by atoms with E-state index in [1.165, 1.54) is 0 Å². The highest BCUT2D eigenvalue weighted by molar-refractivity contribution is 5.79. The Morgan fingerprint density at radius 1 is 1.23 bits per heavy atom. The van der Waals surface area contributed by atoms with Crippen LogP contribution in [0.2, 0.25) is 0 Å². The first-order valence-electron chi connectivity index (χ1n) is 8.75. The number of hydrogen-bond acceptors (Lipinski definition) is 3. The van der Waals surface area contributed by atoms with Gasteiger partial charge in [0.1, 0.15) is 12.4 Å². The molecule has 1 aromatic heterocycles. The van der Waals surface area contributed by atoms with Crippen LogP contribution in [0.15, 0.2) is 67.0 Å². The molecule has 26 heavy (non-hydrogen) atoms. The summed E-state index contributed by atoms with van der Waals surface area (Å²) in [4.78, 5) is 14.6. The third kappa shape index (κ3) is 3.33. The summed E-state index contributed by atoms with van der Waals surface area (Å²) < 4.78 is 7.58. The van der Waals surface area contributed by atoms with Crippen molar-refractivity contribution < 1.29 is 9.53 Å². The fourth-order valence-corrected chi connectivity index (χ4v) is 3.37. The molecule has 0 radical (unpaired) electrons. The van der Waals surface area contributed by atoms with Crippen LogP contribution in [0.3, 0.4) is 0 Å². The molecular weight excluding hydrogens is 326 g/mol. The molecule has 132 valence electrons. The maximum Gasteiger partial charge on any atom is 0.229 e. The summed E-state index contributed by atoms with van der Waals surface area (Å²) in [7, 11) is 1.85. The first-order chi connectivity index (χ1) is 12.7. The Kier molecular flexibility index (Phi) is 4.44. The number of aromatic nitrogens is 2. The standard InChI is InChI=1S/C21H21N3O2/c1-23(14-16-6-4-8-19(12-16)24-11-5-10-22-24)21(25)18-13-17-7-2-3-9-20(17)26-15-18/h2-12,18H,13-15H2,1H3/t18-/m0/s1. The van der Waals surface area contributed by atoms with E-state index in [1.54, 1.807) is 11.1 Å². The van der Waals surface area contributed by atoms with Crippen molar-refractivity contribution in [2.75, 3.05) is 13.7 Å². The molecule has 3 aromatic rings. The van der Waals surface area contributed by atoms with E-state index in [4.69, 9.17) is 4.74 Å². The van der Waals surface area contributed by atoms with E-state index in [0.29, 0.717) is 13.2 Å². The highest BCUT2D eigenvalue weighted by Crippen LogP contribution is 2.27. The number of rotatable bonds is 4. The van der Waals surface area contributed by atoms with Crippen molar-refractivity contribution in [2.24, 2.45) is 5.92 Å². The maximum absolute atomic E-state index is 12.9. The number of nitrogens with zero attached hydrogens (tertiary/aromatic N) is 3. The number of amides is 1. The lowest BCUT2D eigenvalue weighted by Gasteiger charge is -2.28. The van der Waals surface area contributed by atoms with Crippen molar-refractivity contribution in [1.29, 1.82) is 0 Å². The quantitative estimate of drug-likeness (QED) is 0.729. The van der Waals surface area contributed by atoms with E-state index in [1.807, 2.05) is 66.5 Å². The molecular formula is C21H21N3O2. The highest BCUT2D eigenvalue weighted by atomic mass is 16.5. The van der Waals surface area contributed by atoms with Gasteiger partial charge in [-0.2, -0.15) is 5.10 Å². The minimum atomic E-state index is -0.135. The van der Waals surface area contributed by atoms with E-state index < -0.39 is 0 Å². The molecule has 4 rings (SSSR count). The van der Waals surface area contributed by atoms with E-state index in [-0.39, 0.29) is 11.8 Å². The summed E-state index contributed by atoms with van der Waals surface area (Å²) in [6.45, 7) is 1.000. The molecule has 1 atom stereocenters. The van der Waals surface area contributed by atoms with Crippen LogP contribution >= 0.6 is 0 Å². The Morgan fingerprint density at radius 3 is 2.96 bits per heavy atom. The second kappa shape index (κ2) is 7.04. The van der Waals surface area contributed by atoms with E-state index >= 15 is 0 Å². The molecule has 0 N–H and O–H groups in total. The summed E-state index contributed by atoms with van der Waals surface area (Å²) in [5, 5.41) is 4.26. The monoisotopic (exact) mass is 347 g/mol. The van der Waals surface area contributed by atoms with Crippen LogP contribution in [-0.4, -0.2) is 34.2 Å². The van der Waals surface area contributed by atoms with Crippen LogP contribution < -0.4 is 4.74 Å². The predicted octanol–water partition coefficient (Wildman–Crippen LogP) is 3.08. The fraction of sp³-hybridized carbons (Fsp3) is 0.238. The predicted molar refractivity (Wildman–Crippen MR) is 99.2 cm³/mol. The summed E-state index contributed by atoms with van der Waals surface area (Å²) >= 11 is 0. The Bertz CT molecular complexity index is 905. The number of benzene rings is 2. The molecule has 5 nitrogen and oxygen atoms in total. The van der Waals surface area contributed by atoms with Crippen molar-refractivity contribution >= 4 is 5.91 Å². The number of ether oxygens (including phenoxy) is 1. The lowest BCUT2D eigenvalue weighted by molar-refractivity contribution is -0.136. The van der Waals surface area contributed by atoms with Gasteiger partial charge in [-0.15, -0.1) is 0 Å². The Labute approximate surface area is 152 Å². The zero-order valence-electron chi connectivity index (χ0n) is 14.7. The normalized spacial score (nSPS) is 15.8. The molecule has 0 unspecified atom stereocenters. The molecule has 0 spiro atoms. The van der Waals surface area contributed by atoms with Crippen LogP contribution in [0.4, 0.5) is 0 Å². The van der Waals surface area contributed by atoms with E-state index in [2.05, 4.69) is 11.2 Å². The fourth-order valence-electron chi connectivity index (χ4n) is 3.37. The van der Waals surface area contributed by atoms with Crippen LogP contribution in [0.5, 0.6) is 5.75 Å². The second-order valence-corrected chi connectivity index (χ2v) is 6.63. The zero-order chi connectivity index (χ0) is 17.9.